The van der Waals surface area contributed by atoms with Crippen molar-refractivity contribution in [2.75, 3.05) is 26.2 Å². The number of imidazole rings is 1. The Kier molecular flexibility index (Phi) is 6.90. The fourth-order valence-corrected chi connectivity index (χ4v) is 3.52. The molecule has 0 spiro atoms. The van der Waals surface area contributed by atoms with E-state index in [2.05, 4.69) is 27.5 Å². The van der Waals surface area contributed by atoms with Gasteiger partial charge in [0.1, 0.15) is 5.82 Å². The third-order valence-electron chi connectivity index (χ3n) is 4.96. The van der Waals surface area contributed by atoms with Gasteiger partial charge in [-0.05, 0) is 31.9 Å². The Labute approximate surface area is 167 Å². The van der Waals surface area contributed by atoms with Gasteiger partial charge in [0.15, 0.2) is 5.96 Å². The average Bonchev–Trinajstić information content (AvgIpc) is 3.31. The lowest BCUT2D eigenvalue weighted by molar-refractivity contribution is -0.133. The molecule has 1 saturated heterocycles. The second-order valence-corrected chi connectivity index (χ2v) is 7.63. The molecule has 1 aliphatic rings. The van der Waals surface area contributed by atoms with Crippen LogP contribution in [-0.4, -0.2) is 59.0 Å². The summed E-state index contributed by atoms with van der Waals surface area (Å²) in [6, 6.07) is 8.35. The maximum atomic E-state index is 12.2. The Morgan fingerprint density at radius 1 is 1.39 bits per heavy atom. The number of carbonyl (C=O) groups is 1. The average molecular weight is 385 g/mol. The molecule has 152 valence electrons. The molecule has 3 N–H and O–H groups in total. The number of para-hydroxylation sites is 2. The van der Waals surface area contributed by atoms with Gasteiger partial charge in [-0.25, -0.2) is 4.98 Å². The summed E-state index contributed by atoms with van der Waals surface area (Å²) in [5.41, 5.74) is 2.09. The van der Waals surface area contributed by atoms with Crippen molar-refractivity contribution >= 4 is 22.9 Å². The molecule has 1 unspecified atom stereocenters. The van der Waals surface area contributed by atoms with Gasteiger partial charge in [0.05, 0.1) is 11.0 Å². The Morgan fingerprint density at radius 2 is 2.21 bits per heavy atom. The van der Waals surface area contributed by atoms with Gasteiger partial charge in [0.2, 0.25) is 5.91 Å². The van der Waals surface area contributed by atoms with E-state index in [9.17, 15) is 4.79 Å². The quantitative estimate of drug-likeness (QED) is 0.388. The van der Waals surface area contributed by atoms with E-state index in [0.717, 1.165) is 68.3 Å². The van der Waals surface area contributed by atoms with Gasteiger partial charge >= 0.3 is 0 Å². The van der Waals surface area contributed by atoms with Gasteiger partial charge in [-0.1, -0.05) is 26.0 Å². The first-order chi connectivity index (χ1) is 13.6. The van der Waals surface area contributed by atoms with Crippen LogP contribution in [0.2, 0.25) is 0 Å². The molecular weight excluding hydrogens is 352 g/mol. The molecule has 7 heteroatoms. The Balaban J connectivity index is 1.48. The molecule has 7 nitrogen and oxygen atoms in total. The van der Waals surface area contributed by atoms with Crippen LogP contribution in [0.1, 0.15) is 39.4 Å². The summed E-state index contributed by atoms with van der Waals surface area (Å²) in [7, 11) is 0. The molecule has 3 rings (SSSR count). The number of amides is 1. The monoisotopic (exact) mass is 384 g/mol. The zero-order valence-corrected chi connectivity index (χ0v) is 17.2. The molecule has 1 atom stereocenters. The van der Waals surface area contributed by atoms with Crippen molar-refractivity contribution in [3.63, 3.8) is 0 Å². The molecule has 1 aromatic carbocycles. The van der Waals surface area contributed by atoms with Crippen molar-refractivity contribution in [3.8, 4) is 0 Å². The largest absolute Gasteiger partial charge is 0.357 e. The van der Waals surface area contributed by atoms with Crippen LogP contribution >= 0.6 is 0 Å². The number of nitrogens with zero attached hydrogens (tertiary/aromatic N) is 3. The number of aliphatic imine (C=N–C) groups is 1. The van der Waals surface area contributed by atoms with E-state index in [1.807, 2.05) is 43.0 Å². The molecule has 0 radical (unpaired) electrons. The van der Waals surface area contributed by atoms with E-state index in [4.69, 9.17) is 4.99 Å². The lowest BCUT2D eigenvalue weighted by Crippen LogP contribution is -2.45. The van der Waals surface area contributed by atoms with Gasteiger partial charge in [-0.15, -0.1) is 0 Å². The summed E-state index contributed by atoms with van der Waals surface area (Å²) in [6.45, 7) is 9.09. The summed E-state index contributed by atoms with van der Waals surface area (Å²) in [6.07, 6.45) is 2.76. The lowest BCUT2D eigenvalue weighted by Gasteiger charge is -2.20. The van der Waals surface area contributed by atoms with E-state index in [1.54, 1.807) is 0 Å². The van der Waals surface area contributed by atoms with Crippen LogP contribution in [-0.2, 0) is 11.2 Å². The number of benzene rings is 1. The first-order valence-corrected chi connectivity index (χ1v) is 10.3. The first-order valence-electron chi connectivity index (χ1n) is 10.3. The fourth-order valence-electron chi connectivity index (χ4n) is 3.52. The molecule has 0 saturated carbocycles. The molecule has 1 aromatic heterocycles. The first kappa shape index (κ1) is 20.2. The van der Waals surface area contributed by atoms with E-state index >= 15 is 0 Å². The summed E-state index contributed by atoms with van der Waals surface area (Å²) in [5, 5.41) is 6.79. The number of aromatic nitrogens is 2. The van der Waals surface area contributed by atoms with Crippen LogP contribution in [0.15, 0.2) is 29.3 Å². The number of rotatable bonds is 7. The van der Waals surface area contributed by atoms with Gasteiger partial charge in [0, 0.05) is 44.6 Å². The standard InChI is InChI=1S/C21H32N6O/c1-4-22-21(24-16-11-13-27(14-16)20(28)15(2)3)23-12-7-10-19-25-17-8-5-6-9-18(17)26-19/h5-6,8-9,15-16H,4,7,10-14H2,1-3H3,(H,25,26)(H2,22,23,24). The molecule has 1 fully saturated rings. The Bertz CT molecular complexity index is 779. The highest BCUT2D eigenvalue weighted by atomic mass is 16.2. The lowest BCUT2D eigenvalue weighted by atomic mass is 10.2. The SMILES string of the molecule is CCNC(=NCCCc1nc2ccccc2[nH]1)NC1CCN(C(=O)C(C)C)C1. The van der Waals surface area contributed by atoms with Crippen molar-refractivity contribution < 1.29 is 4.79 Å². The number of fused-ring (bicyclic) bond motifs is 1. The zero-order chi connectivity index (χ0) is 19.9. The topological polar surface area (TPSA) is 85.4 Å². The summed E-state index contributed by atoms with van der Waals surface area (Å²) in [4.78, 5) is 26.8. The molecule has 1 aliphatic heterocycles. The summed E-state index contributed by atoms with van der Waals surface area (Å²) >= 11 is 0. The second-order valence-electron chi connectivity index (χ2n) is 7.63. The van der Waals surface area contributed by atoms with Crippen LogP contribution in [0.5, 0.6) is 0 Å². The Hall–Kier alpha value is -2.57. The van der Waals surface area contributed by atoms with Gasteiger partial charge in [0.25, 0.3) is 0 Å². The maximum absolute atomic E-state index is 12.2. The predicted octanol–water partition coefficient (Wildman–Crippen LogP) is 2.31. The number of hydrogen-bond donors (Lipinski definition) is 3. The Morgan fingerprint density at radius 3 is 2.96 bits per heavy atom. The van der Waals surface area contributed by atoms with Gasteiger partial charge in [-0.2, -0.15) is 0 Å². The minimum atomic E-state index is 0.0545. The molecule has 1 amide bonds. The number of H-pyrrole nitrogens is 1. The highest BCUT2D eigenvalue weighted by Crippen LogP contribution is 2.13. The van der Waals surface area contributed by atoms with Crippen LogP contribution < -0.4 is 10.6 Å². The van der Waals surface area contributed by atoms with E-state index in [0.29, 0.717) is 0 Å². The normalized spacial score (nSPS) is 17.5. The molecule has 28 heavy (non-hydrogen) atoms. The van der Waals surface area contributed by atoms with Crippen molar-refractivity contribution in [1.29, 1.82) is 0 Å². The molecule has 0 aliphatic carbocycles. The summed E-state index contributed by atoms with van der Waals surface area (Å²) < 4.78 is 0. The fraction of sp³-hybridized carbons (Fsp3) is 0.571. The van der Waals surface area contributed by atoms with Crippen LogP contribution in [0.4, 0.5) is 0 Å². The number of guanidine groups is 1. The molecular formula is C21H32N6O. The maximum Gasteiger partial charge on any atom is 0.225 e. The minimum Gasteiger partial charge on any atom is -0.357 e. The van der Waals surface area contributed by atoms with Crippen LogP contribution in [0, 0.1) is 5.92 Å². The van der Waals surface area contributed by atoms with Crippen molar-refractivity contribution in [2.45, 2.75) is 46.1 Å². The van der Waals surface area contributed by atoms with E-state index in [1.165, 1.54) is 0 Å². The zero-order valence-electron chi connectivity index (χ0n) is 17.2. The van der Waals surface area contributed by atoms with Gasteiger partial charge in [-0.3, -0.25) is 9.79 Å². The van der Waals surface area contributed by atoms with Crippen LogP contribution in [0.25, 0.3) is 11.0 Å². The van der Waals surface area contributed by atoms with Gasteiger partial charge < -0.3 is 20.5 Å². The van der Waals surface area contributed by atoms with E-state index < -0.39 is 0 Å². The summed E-state index contributed by atoms with van der Waals surface area (Å²) in [5.74, 6) is 2.12. The highest BCUT2D eigenvalue weighted by molar-refractivity contribution is 5.81. The van der Waals surface area contributed by atoms with E-state index in [-0.39, 0.29) is 17.9 Å². The molecule has 0 bridgehead atoms. The highest BCUT2D eigenvalue weighted by Gasteiger charge is 2.27. The number of aromatic amines is 1. The molecule has 2 aromatic rings. The molecule has 2 heterocycles. The second kappa shape index (κ2) is 9.57. The number of aryl methyl sites for hydroxylation is 1. The van der Waals surface area contributed by atoms with Crippen molar-refractivity contribution in [3.05, 3.63) is 30.1 Å². The number of hydrogen-bond acceptors (Lipinski definition) is 3. The third kappa shape index (κ3) is 5.24. The van der Waals surface area contributed by atoms with Crippen molar-refractivity contribution in [2.24, 2.45) is 10.9 Å². The number of carbonyl (C=O) groups excluding carboxylic acids is 1. The minimum absolute atomic E-state index is 0.0545. The van der Waals surface area contributed by atoms with Crippen LogP contribution in [0.3, 0.4) is 0 Å². The predicted molar refractivity (Wildman–Crippen MR) is 113 cm³/mol. The number of likely N-dealkylation sites (tertiary alicyclic amines) is 1. The van der Waals surface area contributed by atoms with Crippen molar-refractivity contribution in [1.82, 2.24) is 25.5 Å². The smallest absolute Gasteiger partial charge is 0.225 e. The third-order valence-corrected chi connectivity index (χ3v) is 4.96. The number of nitrogens with one attached hydrogen (secondary N) is 3.